The first kappa shape index (κ1) is 6.98. The highest BCUT2D eigenvalue weighted by Crippen LogP contribution is 2.32. The van der Waals surface area contributed by atoms with Crippen molar-refractivity contribution in [2.75, 3.05) is 5.75 Å². The minimum atomic E-state index is -3.34. The summed E-state index contributed by atoms with van der Waals surface area (Å²) in [7, 11) is -3.34. The molecule has 0 saturated heterocycles. The zero-order valence-corrected chi connectivity index (χ0v) is 5.82. The van der Waals surface area contributed by atoms with Crippen molar-refractivity contribution in [3.63, 3.8) is 0 Å². The summed E-state index contributed by atoms with van der Waals surface area (Å²) in [5, 5.41) is 4.75. The van der Waals surface area contributed by atoms with E-state index in [9.17, 15) is 8.42 Å². The summed E-state index contributed by atoms with van der Waals surface area (Å²) in [6, 6.07) is 0. The van der Waals surface area contributed by atoms with E-state index in [0.717, 1.165) is 12.8 Å². The second kappa shape index (κ2) is 1.68. The molecule has 0 spiro atoms. The Bertz CT molecular complexity index is 205. The first-order valence-electron chi connectivity index (χ1n) is 2.71. The van der Waals surface area contributed by atoms with Crippen LogP contribution in [0, 0.1) is 0 Å². The fourth-order valence-electron chi connectivity index (χ4n) is 0.706. The van der Waals surface area contributed by atoms with E-state index in [0.29, 0.717) is 0 Å². The highest BCUT2D eigenvalue weighted by atomic mass is 32.2. The topological polar surface area (TPSA) is 86.2 Å². The van der Waals surface area contributed by atoms with Crippen LogP contribution in [0.4, 0.5) is 0 Å². The Kier molecular flexibility index (Phi) is 1.30. The van der Waals surface area contributed by atoms with Gasteiger partial charge >= 0.3 is 0 Å². The van der Waals surface area contributed by atoms with E-state index >= 15 is 0 Å². The maximum Gasteiger partial charge on any atom is 0.210 e. The molecule has 0 bridgehead atoms. The van der Waals surface area contributed by atoms with Gasteiger partial charge in [-0.15, -0.1) is 0 Å². The number of hydrogen-bond donors (Lipinski definition) is 2. The molecule has 4 N–H and O–H groups in total. The van der Waals surface area contributed by atoms with Crippen molar-refractivity contribution in [3.05, 3.63) is 0 Å². The van der Waals surface area contributed by atoms with E-state index in [-0.39, 0.29) is 5.75 Å². The molecule has 0 aromatic carbocycles. The van der Waals surface area contributed by atoms with E-state index < -0.39 is 15.6 Å². The highest BCUT2D eigenvalue weighted by Gasteiger charge is 2.41. The van der Waals surface area contributed by atoms with Crippen LogP contribution in [-0.4, -0.2) is 19.7 Å². The lowest BCUT2D eigenvalue weighted by Gasteiger charge is -2.03. The van der Waals surface area contributed by atoms with Crippen LogP contribution in [0.5, 0.6) is 0 Å². The standard InChI is InChI=1S/C4H10N2O2S/c5-4(1-2-4)3-9(6,7)8/h1-3,5H2,(H2,6,7,8). The second-order valence-corrected chi connectivity index (χ2v) is 4.28. The van der Waals surface area contributed by atoms with Crippen molar-refractivity contribution in [1.29, 1.82) is 0 Å². The molecular weight excluding hydrogens is 140 g/mol. The fourth-order valence-corrected chi connectivity index (χ4v) is 1.80. The maximum absolute atomic E-state index is 10.4. The predicted octanol–water partition coefficient (Wildman–Crippen LogP) is -1.23. The van der Waals surface area contributed by atoms with Crippen molar-refractivity contribution >= 4 is 10.0 Å². The van der Waals surface area contributed by atoms with Gasteiger partial charge in [0.05, 0.1) is 5.75 Å². The quantitative estimate of drug-likeness (QED) is 0.516. The zero-order chi connectivity index (χ0) is 7.12. The van der Waals surface area contributed by atoms with E-state index in [1.54, 1.807) is 0 Å². The van der Waals surface area contributed by atoms with Crippen LogP contribution in [0.15, 0.2) is 0 Å². The molecule has 54 valence electrons. The second-order valence-electron chi connectivity index (χ2n) is 2.67. The van der Waals surface area contributed by atoms with Gasteiger partial charge in [-0.2, -0.15) is 0 Å². The van der Waals surface area contributed by atoms with Crippen LogP contribution in [0.2, 0.25) is 0 Å². The minimum absolute atomic E-state index is 0.0694. The Hall–Kier alpha value is -0.130. The van der Waals surface area contributed by atoms with Crippen LogP contribution in [0.1, 0.15) is 12.8 Å². The molecule has 0 radical (unpaired) electrons. The van der Waals surface area contributed by atoms with Gasteiger partial charge in [0.25, 0.3) is 0 Å². The molecule has 5 heteroatoms. The average molecular weight is 150 g/mol. The lowest BCUT2D eigenvalue weighted by atomic mass is 10.4. The summed E-state index contributed by atoms with van der Waals surface area (Å²) in [5.41, 5.74) is 4.99. The summed E-state index contributed by atoms with van der Waals surface area (Å²) in [6.45, 7) is 0. The number of rotatable bonds is 2. The SMILES string of the molecule is NC1(CS(N)(=O)=O)CC1. The molecule has 1 fully saturated rings. The van der Waals surface area contributed by atoms with Crippen molar-refractivity contribution in [2.45, 2.75) is 18.4 Å². The van der Waals surface area contributed by atoms with Gasteiger partial charge in [0.15, 0.2) is 0 Å². The number of hydrogen-bond acceptors (Lipinski definition) is 3. The summed E-state index contributed by atoms with van der Waals surface area (Å²) in [6.07, 6.45) is 1.56. The third kappa shape index (κ3) is 2.30. The van der Waals surface area contributed by atoms with Gasteiger partial charge in [-0.3, -0.25) is 0 Å². The lowest BCUT2D eigenvalue weighted by molar-refractivity contribution is 0.587. The normalized spacial score (nSPS) is 23.8. The average Bonchev–Trinajstić information content (AvgIpc) is 2.12. The Balaban J connectivity index is 2.53. The zero-order valence-electron chi connectivity index (χ0n) is 5.00. The van der Waals surface area contributed by atoms with Gasteiger partial charge in [0.2, 0.25) is 10.0 Å². The molecule has 0 aromatic rings. The van der Waals surface area contributed by atoms with Crippen molar-refractivity contribution < 1.29 is 8.42 Å². The molecule has 1 rings (SSSR count). The molecule has 0 heterocycles. The third-order valence-corrected chi connectivity index (χ3v) is 2.36. The van der Waals surface area contributed by atoms with Gasteiger partial charge in [-0.1, -0.05) is 0 Å². The first-order valence-corrected chi connectivity index (χ1v) is 4.42. The maximum atomic E-state index is 10.4. The number of sulfonamides is 1. The van der Waals surface area contributed by atoms with Crippen molar-refractivity contribution in [1.82, 2.24) is 0 Å². The molecule has 0 atom stereocenters. The molecule has 9 heavy (non-hydrogen) atoms. The van der Waals surface area contributed by atoms with Gasteiger partial charge in [-0.05, 0) is 12.8 Å². The molecule has 1 aliphatic carbocycles. The van der Waals surface area contributed by atoms with Crippen molar-refractivity contribution in [2.24, 2.45) is 10.9 Å². The summed E-state index contributed by atoms with van der Waals surface area (Å²) >= 11 is 0. The Morgan fingerprint density at radius 2 is 1.89 bits per heavy atom. The number of primary sulfonamides is 1. The van der Waals surface area contributed by atoms with Gasteiger partial charge in [0.1, 0.15) is 0 Å². The molecule has 0 aromatic heterocycles. The smallest absolute Gasteiger partial charge is 0.210 e. The molecular formula is C4H10N2O2S. The van der Waals surface area contributed by atoms with E-state index in [4.69, 9.17) is 10.9 Å². The molecule has 0 amide bonds. The summed E-state index contributed by atoms with van der Waals surface area (Å²) in [4.78, 5) is 0. The van der Waals surface area contributed by atoms with E-state index in [1.807, 2.05) is 0 Å². The molecule has 0 aliphatic heterocycles. The van der Waals surface area contributed by atoms with E-state index in [1.165, 1.54) is 0 Å². The Morgan fingerprint density at radius 3 is 2.00 bits per heavy atom. The molecule has 4 nitrogen and oxygen atoms in total. The largest absolute Gasteiger partial charge is 0.324 e. The van der Waals surface area contributed by atoms with Crippen LogP contribution in [0.25, 0.3) is 0 Å². The Labute approximate surface area is 54.3 Å². The van der Waals surface area contributed by atoms with Gasteiger partial charge < -0.3 is 5.73 Å². The molecule has 1 saturated carbocycles. The van der Waals surface area contributed by atoms with Crippen LogP contribution in [0.3, 0.4) is 0 Å². The van der Waals surface area contributed by atoms with Crippen LogP contribution in [-0.2, 0) is 10.0 Å². The van der Waals surface area contributed by atoms with Crippen LogP contribution < -0.4 is 10.9 Å². The summed E-state index contributed by atoms with van der Waals surface area (Å²) < 4.78 is 20.8. The number of nitrogens with two attached hydrogens (primary N) is 2. The van der Waals surface area contributed by atoms with Gasteiger partial charge in [-0.25, -0.2) is 13.6 Å². The summed E-state index contributed by atoms with van der Waals surface area (Å²) in [5.74, 6) is -0.0694. The lowest BCUT2D eigenvalue weighted by Crippen LogP contribution is -2.34. The van der Waals surface area contributed by atoms with Crippen LogP contribution >= 0.6 is 0 Å². The van der Waals surface area contributed by atoms with Gasteiger partial charge in [0, 0.05) is 5.54 Å². The monoisotopic (exact) mass is 150 g/mol. The molecule has 1 aliphatic rings. The first-order chi connectivity index (χ1) is 3.91. The Morgan fingerprint density at radius 1 is 1.44 bits per heavy atom. The fraction of sp³-hybridized carbons (Fsp3) is 1.00. The predicted molar refractivity (Wildman–Crippen MR) is 34.1 cm³/mol. The van der Waals surface area contributed by atoms with Crippen molar-refractivity contribution in [3.8, 4) is 0 Å². The molecule has 0 unspecified atom stereocenters. The van der Waals surface area contributed by atoms with E-state index in [2.05, 4.69) is 0 Å². The minimum Gasteiger partial charge on any atom is -0.324 e. The highest BCUT2D eigenvalue weighted by molar-refractivity contribution is 7.89. The third-order valence-electron chi connectivity index (χ3n) is 1.38.